The summed E-state index contributed by atoms with van der Waals surface area (Å²) in [7, 11) is 3.94. The number of nitrogens with zero attached hydrogens (tertiary/aromatic N) is 2. The van der Waals surface area contributed by atoms with Gasteiger partial charge >= 0.3 is 0 Å². The molecule has 1 aliphatic heterocycles. The number of ether oxygens (including phenoxy) is 2. The van der Waals surface area contributed by atoms with Crippen molar-refractivity contribution in [3.05, 3.63) is 35.5 Å². The van der Waals surface area contributed by atoms with Crippen LogP contribution in [0.15, 0.2) is 24.3 Å². The fraction of sp³-hybridized carbons (Fsp3) is 0.667. The first kappa shape index (κ1) is 32.9. The number of hydrogen-bond acceptors (Lipinski definition) is 7. The Bertz CT molecular complexity index is 985. The molecule has 2 heterocycles. The van der Waals surface area contributed by atoms with Crippen LogP contribution in [0, 0.1) is 0 Å². The molecule has 9 nitrogen and oxygen atoms in total. The van der Waals surface area contributed by atoms with Crippen molar-refractivity contribution in [2.24, 2.45) is 0 Å². The smallest absolute Gasteiger partial charge is 0.224 e. The summed E-state index contributed by atoms with van der Waals surface area (Å²) in [5, 5.41) is 11.4. The first-order chi connectivity index (χ1) is 19.0. The molecule has 39 heavy (non-hydrogen) atoms. The Kier molecular flexibility index (Phi) is 15.9. The van der Waals surface area contributed by atoms with E-state index in [4.69, 9.17) is 9.47 Å². The van der Waals surface area contributed by atoms with Crippen molar-refractivity contribution >= 4 is 22.6 Å². The number of Topliss-reactive ketones (excluding diaryl/α,β-unsaturated/α-hetero) is 1. The molecule has 220 valence electrons. The Morgan fingerprint density at radius 3 is 2.26 bits per heavy atom. The van der Waals surface area contributed by atoms with Gasteiger partial charge in [0.2, 0.25) is 5.91 Å². The quantitative estimate of drug-likeness (QED) is 0.263. The summed E-state index contributed by atoms with van der Waals surface area (Å²) in [6, 6.07) is 8.89. The van der Waals surface area contributed by atoms with Crippen LogP contribution in [0.5, 0.6) is 0 Å². The van der Waals surface area contributed by atoms with E-state index >= 15 is 0 Å². The van der Waals surface area contributed by atoms with Crippen molar-refractivity contribution in [3.8, 4) is 0 Å². The van der Waals surface area contributed by atoms with Gasteiger partial charge in [0, 0.05) is 74.7 Å². The van der Waals surface area contributed by atoms with Crippen LogP contribution in [0.1, 0.15) is 57.7 Å². The van der Waals surface area contributed by atoms with E-state index in [2.05, 4.69) is 44.8 Å². The van der Waals surface area contributed by atoms with Crippen LogP contribution < -0.4 is 16.0 Å². The van der Waals surface area contributed by atoms with Gasteiger partial charge in [0.05, 0.1) is 26.4 Å². The van der Waals surface area contributed by atoms with Crippen molar-refractivity contribution in [1.29, 1.82) is 0 Å². The van der Waals surface area contributed by atoms with E-state index in [1.54, 1.807) is 6.92 Å². The highest BCUT2D eigenvalue weighted by Gasteiger charge is 2.23. The van der Waals surface area contributed by atoms with Gasteiger partial charge < -0.3 is 34.9 Å². The fourth-order valence-electron chi connectivity index (χ4n) is 5.00. The van der Waals surface area contributed by atoms with E-state index in [0.717, 1.165) is 45.6 Å². The van der Waals surface area contributed by atoms with E-state index in [1.165, 1.54) is 22.2 Å². The van der Waals surface area contributed by atoms with E-state index in [0.29, 0.717) is 51.9 Å². The molecular weight excluding hydrogens is 494 g/mol. The van der Waals surface area contributed by atoms with Crippen LogP contribution in [0.2, 0.25) is 0 Å². The highest BCUT2D eigenvalue weighted by Crippen LogP contribution is 2.27. The number of likely N-dealkylation sites (tertiary alicyclic amines) is 1. The van der Waals surface area contributed by atoms with E-state index in [9.17, 15) is 9.59 Å². The normalized spacial score (nSPS) is 13.9. The number of piperidine rings is 1. The topological polar surface area (TPSA) is 96.9 Å². The molecule has 0 radical (unpaired) electrons. The fourth-order valence-corrected chi connectivity index (χ4v) is 5.00. The highest BCUT2D eigenvalue weighted by atomic mass is 16.5. The van der Waals surface area contributed by atoms with Gasteiger partial charge in [-0.3, -0.25) is 9.59 Å². The van der Waals surface area contributed by atoms with Crippen molar-refractivity contribution in [1.82, 2.24) is 25.4 Å². The van der Waals surface area contributed by atoms with E-state index in [-0.39, 0.29) is 11.7 Å². The summed E-state index contributed by atoms with van der Waals surface area (Å²) in [4.78, 5) is 26.0. The second-order valence-corrected chi connectivity index (χ2v) is 9.69. The summed E-state index contributed by atoms with van der Waals surface area (Å²) in [5.41, 5.74) is 3.74. The number of amides is 1. The summed E-state index contributed by atoms with van der Waals surface area (Å²) in [6.07, 6.45) is 2.89. The minimum atomic E-state index is 0.143. The number of rotatable bonds is 17. The molecule has 1 saturated heterocycles. The Labute approximate surface area is 235 Å². The minimum Gasteiger partial charge on any atom is -0.379 e. The third-order valence-electron chi connectivity index (χ3n) is 6.94. The third-order valence-corrected chi connectivity index (χ3v) is 6.94. The molecule has 0 spiro atoms. The largest absolute Gasteiger partial charge is 0.379 e. The van der Waals surface area contributed by atoms with Gasteiger partial charge in [-0.25, -0.2) is 0 Å². The Morgan fingerprint density at radius 1 is 0.923 bits per heavy atom. The molecule has 0 unspecified atom stereocenters. The molecule has 0 atom stereocenters. The first-order valence-electron chi connectivity index (χ1n) is 14.6. The van der Waals surface area contributed by atoms with Gasteiger partial charge in [0.15, 0.2) is 0 Å². The standard InChI is InChI=1S/C28H45N5O4.C2H6/c1-22(34)11-16-36-18-19-37-17-12-31-23-8-13-32(14-9-23)28(35)10-15-33-26-7-5-4-6-24(26)25(20-29-2)27(33)21-30-3;1-2/h4-7,23,29-31H,8-21H2,1-3H3;1-2H3. The molecule has 0 bridgehead atoms. The van der Waals surface area contributed by atoms with Crippen LogP contribution in [0.4, 0.5) is 0 Å². The maximum Gasteiger partial charge on any atom is 0.224 e. The summed E-state index contributed by atoms with van der Waals surface area (Å²) < 4.78 is 13.3. The average molecular weight is 546 g/mol. The number of hydrogen-bond donors (Lipinski definition) is 3. The first-order valence-corrected chi connectivity index (χ1v) is 14.6. The van der Waals surface area contributed by atoms with Crippen LogP contribution in [0.25, 0.3) is 10.9 Å². The summed E-state index contributed by atoms with van der Waals surface area (Å²) >= 11 is 0. The molecule has 3 N–H and O–H groups in total. The molecule has 1 aromatic carbocycles. The van der Waals surface area contributed by atoms with Crippen LogP contribution in [-0.2, 0) is 38.7 Å². The Balaban J connectivity index is 0.00000260. The molecule has 1 aliphatic rings. The van der Waals surface area contributed by atoms with E-state index < -0.39 is 0 Å². The zero-order chi connectivity index (χ0) is 28.5. The number of nitrogens with one attached hydrogen (secondary N) is 3. The maximum atomic E-state index is 13.1. The molecule has 1 aromatic heterocycles. The molecule has 3 rings (SSSR count). The van der Waals surface area contributed by atoms with Gasteiger partial charge in [-0.2, -0.15) is 0 Å². The molecular formula is C30H51N5O4. The lowest BCUT2D eigenvalue weighted by Gasteiger charge is -2.32. The molecule has 9 heteroatoms. The lowest BCUT2D eigenvalue weighted by molar-refractivity contribution is -0.132. The second-order valence-electron chi connectivity index (χ2n) is 9.69. The third kappa shape index (κ3) is 10.7. The van der Waals surface area contributed by atoms with Crippen LogP contribution in [-0.4, -0.2) is 87.4 Å². The number of carbonyl (C=O) groups excluding carboxylic acids is 2. The van der Waals surface area contributed by atoms with Gasteiger partial charge in [-0.05, 0) is 45.5 Å². The SMILES string of the molecule is CC.CNCc1c(CNC)n(CCC(=O)N2CCC(NCCOCCOCCC(C)=O)CC2)c2ccccc12. The Morgan fingerprint density at radius 2 is 1.59 bits per heavy atom. The lowest BCUT2D eigenvalue weighted by Crippen LogP contribution is -2.45. The number of para-hydroxylation sites is 1. The van der Waals surface area contributed by atoms with Gasteiger partial charge in [-0.1, -0.05) is 32.0 Å². The monoisotopic (exact) mass is 545 g/mol. The Hall–Kier alpha value is -2.30. The molecule has 1 fully saturated rings. The summed E-state index contributed by atoms with van der Waals surface area (Å²) in [5.74, 6) is 0.375. The number of aromatic nitrogens is 1. The minimum absolute atomic E-state index is 0.143. The van der Waals surface area contributed by atoms with Gasteiger partial charge in [0.25, 0.3) is 0 Å². The van der Waals surface area contributed by atoms with Crippen LogP contribution >= 0.6 is 0 Å². The van der Waals surface area contributed by atoms with Gasteiger partial charge in [0.1, 0.15) is 5.78 Å². The zero-order valence-electron chi connectivity index (χ0n) is 24.8. The zero-order valence-corrected chi connectivity index (χ0v) is 24.8. The highest BCUT2D eigenvalue weighted by molar-refractivity contribution is 5.86. The molecule has 0 saturated carbocycles. The van der Waals surface area contributed by atoms with Crippen molar-refractivity contribution in [2.75, 3.05) is 60.2 Å². The van der Waals surface area contributed by atoms with E-state index in [1.807, 2.05) is 32.8 Å². The molecule has 0 aliphatic carbocycles. The predicted molar refractivity (Wildman–Crippen MR) is 158 cm³/mol. The average Bonchev–Trinajstić information content (AvgIpc) is 3.24. The van der Waals surface area contributed by atoms with Crippen molar-refractivity contribution in [2.45, 2.75) is 72.1 Å². The second kappa shape index (κ2) is 18.9. The van der Waals surface area contributed by atoms with Crippen LogP contribution in [0.3, 0.4) is 0 Å². The number of aryl methyl sites for hydroxylation is 1. The summed E-state index contributed by atoms with van der Waals surface area (Å²) in [6.45, 7) is 12.4. The molecule has 2 aromatic rings. The van der Waals surface area contributed by atoms with Gasteiger partial charge in [-0.15, -0.1) is 0 Å². The number of benzene rings is 1. The number of carbonyl (C=O) groups is 2. The lowest BCUT2D eigenvalue weighted by atomic mass is 10.0. The molecule has 1 amide bonds. The number of fused-ring (bicyclic) bond motifs is 1. The number of ketones is 1. The van der Waals surface area contributed by atoms with Crippen molar-refractivity contribution in [3.63, 3.8) is 0 Å². The maximum absolute atomic E-state index is 13.1. The predicted octanol–water partition coefficient (Wildman–Crippen LogP) is 3.09. The van der Waals surface area contributed by atoms with Crippen molar-refractivity contribution < 1.29 is 19.1 Å².